The maximum absolute atomic E-state index is 14.5. The number of fused-ring (bicyclic) bond motifs is 2. The summed E-state index contributed by atoms with van der Waals surface area (Å²) in [5, 5.41) is 23.4. The Morgan fingerprint density at radius 3 is 2.37 bits per heavy atom. The molecule has 18 nitrogen and oxygen atoms in total. The number of aliphatic carboxylic acids is 1. The number of hydrogen-bond acceptors (Lipinski definition) is 12. The summed E-state index contributed by atoms with van der Waals surface area (Å²) in [4.78, 5) is 111. The van der Waals surface area contributed by atoms with E-state index in [-0.39, 0.29) is 44.5 Å². The molecule has 11 N–H and O–H groups in total. The van der Waals surface area contributed by atoms with Crippen LogP contribution >= 0.6 is 21.6 Å². The number of nitrogens with two attached hydrogens (primary N) is 2. The molecular weight excluding hydrogens is 779 g/mol. The Hall–Kier alpha value is -4.66. The van der Waals surface area contributed by atoms with Gasteiger partial charge in [0.1, 0.15) is 30.2 Å². The first-order valence-electron chi connectivity index (χ1n) is 18.9. The third kappa shape index (κ3) is 12.7. The Kier molecular flexibility index (Phi) is 16.8. The minimum Gasteiger partial charge on any atom is -0.481 e. The van der Waals surface area contributed by atoms with Gasteiger partial charge in [-0.25, -0.2) is 0 Å². The van der Waals surface area contributed by atoms with Crippen molar-refractivity contribution in [2.45, 2.75) is 100 Å². The van der Waals surface area contributed by atoms with E-state index in [1.807, 2.05) is 24.3 Å². The van der Waals surface area contributed by atoms with Crippen molar-refractivity contribution in [3.63, 3.8) is 0 Å². The van der Waals surface area contributed by atoms with Gasteiger partial charge in [0.2, 0.25) is 35.4 Å². The van der Waals surface area contributed by atoms with Crippen LogP contribution < -0.4 is 38.1 Å². The minimum atomic E-state index is -1.66. The molecule has 2 saturated heterocycles. The molecule has 2 aromatic rings. The van der Waals surface area contributed by atoms with E-state index in [4.69, 9.17) is 11.5 Å². The van der Waals surface area contributed by atoms with Crippen LogP contribution in [0, 0.1) is 0 Å². The molecule has 0 radical (unpaired) electrons. The lowest BCUT2D eigenvalue weighted by Crippen LogP contribution is -2.60. The molecule has 312 valence electrons. The van der Waals surface area contributed by atoms with Crippen LogP contribution in [0.5, 0.6) is 0 Å². The summed E-state index contributed by atoms with van der Waals surface area (Å²) < 4.78 is -0.925. The van der Waals surface area contributed by atoms with Gasteiger partial charge in [0, 0.05) is 47.0 Å². The van der Waals surface area contributed by atoms with Crippen molar-refractivity contribution >= 4 is 79.7 Å². The fraction of sp³-hybridized carbons (Fsp3) is 0.568. The lowest BCUT2D eigenvalue weighted by Gasteiger charge is -2.35. The largest absolute Gasteiger partial charge is 0.481 e. The molecule has 5 atom stereocenters. The van der Waals surface area contributed by atoms with Gasteiger partial charge in [-0.1, -0.05) is 39.8 Å². The van der Waals surface area contributed by atoms with E-state index in [0.29, 0.717) is 31.4 Å². The molecule has 2 fully saturated rings. The van der Waals surface area contributed by atoms with Crippen LogP contribution in [-0.4, -0.2) is 129 Å². The normalized spacial score (nSPS) is 24.8. The Labute approximate surface area is 338 Å². The Balaban J connectivity index is 1.69. The third-order valence-electron chi connectivity index (χ3n) is 9.80. The lowest BCUT2D eigenvalue weighted by atomic mass is 9.97. The van der Waals surface area contributed by atoms with Gasteiger partial charge in [-0.15, -0.1) is 0 Å². The second kappa shape index (κ2) is 21.2. The van der Waals surface area contributed by atoms with Crippen molar-refractivity contribution in [3.05, 3.63) is 36.0 Å². The van der Waals surface area contributed by atoms with Gasteiger partial charge in [-0.05, 0) is 64.1 Å². The number of carboxylic acid groups (broad SMARTS) is 1. The number of nitrogens with one attached hydrogen (secondary N) is 6. The summed E-state index contributed by atoms with van der Waals surface area (Å²) in [7, 11) is 2.58. The summed E-state index contributed by atoms with van der Waals surface area (Å²) in [6.45, 7) is 3.03. The molecule has 20 heteroatoms. The number of para-hydroxylation sites is 1. The average molecular weight is 832 g/mol. The maximum atomic E-state index is 14.5. The number of carbonyl (C=O) groups excluding carboxylic acids is 7. The number of carboxylic acids is 1. The average Bonchev–Trinajstić information content (AvgIpc) is 3.83. The second-order valence-corrected chi connectivity index (χ2v) is 17.6. The molecule has 4 rings (SSSR count). The number of Topliss-reactive ketones (excluding diaryl/α,β-unsaturated/α-hetero) is 1. The van der Waals surface area contributed by atoms with Crippen molar-refractivity contribution < 1.29 is 43.5 Å². The summed E-state index contributed by atoms with van der Waals surface area (Å²) in [6, 6.07) is 1.23. The fourth-order valence-electron chi connectivity index (χ4n) is 6.82. The standard InChI is InChI=1S/C37H53N9O9S2/c1-37(2)32(28(47)18-39)45-35(54)27-11-7-14-46(27)36(55)26(16-21-19-40-23-9-4-3-8-22(21)23)44-34(53)25(17-31(50)51)43-30(49)20-41-33(52)24(10-5-6-13-38)42-29(48)12-15-56-57-37/h3-4,8-9,19,24-27,32,40H,5-7,10-18,20,38-39H2,1-2H3,(H,41,52)(H,42,48)(H,43,49)(H,44,53)(H,45,54)(H,50,51)/t24-,25+,26+,27+,32-/m1/s1. The Morgan fingerprint density at radius 2 is 1.65 bits per heavy atom. The number of aromatic amines is 1. The van der Waals surface area contributed by atoms with Gasteiger partial charge in [-0.2, -0.15) is 0 Å². The van der Waals surface area contributed by atoms with Gasteiger partial charge in [0.15, 0.2) is 5.78 Å². The molecule has 1 aromatic heterocycles. The van der Waals surface area contributed by atoms with Crippen LogP contribution in [0.15, 0.2) is 30.5 Å². The summed E-state index contributed by atoms with van der Waals surface area (Å²) in [6.07, 6.45) is 2.79. The fourth-order valence-corrected chi connectivity index (χ4v) is 9.46. The third-order valence-corrected chi connectivity index (χ3v) is 13.1. The molecule has 2 aliphatic heterocycles. The van der Waals surface area contributed by atoms with Crippen LogP contribution in [0.3, 0.4) is 0 Å². The topological polar surface area (TPSA) is 288 Å². The first-order valence-corrected chi connectivity index (χ1v) is 21.2. The van der Waals surface area contributed by atoms with E-state index >= 15 is 0 Å². The van der Waals surface area contributed by atoms with E-state index in [1.54, 1.807) is 20.0 Å². The van der Waals surface area contributed by atoms with Crippen LogP contribution in [0.2, 0.25) is 0 Å². The molecule has 1 aromatic carbocycles. The smallest absolute Gasteiger partial charge is 0.305 e. The molecule has 0 saturated carbocycles. The molecular formula is C37H53N9O9S2. The van der Waals surface area contributed by atoms with Crippen LogP contribution in [0.25, 0.3) is 10.9 Å². The molecule has 6 amide bonds. The lowest BCUT2D eigenvalue weighted by molar-refractivity contribution is -0.143. The van der Waals surface area contributed by atoms with E-state index in [0.717, 1.165) is 10.9 Å². The predicted octanol–water partition coefficient (Wildman–Crippen LogP) is -0.548. The number of H-pyrrole nitrogens is 1. The number of hydrogen-bond donors (Lipinski definition) is 9. The SMILES string of the molecule is CC1(C)SSCCC(=O)N[C@H](CCCCN)C(=O)NCC(=O)N[C@@H](CC(=O)O)C(=O)N[C@@H](Cc2c[nH]c3ccccc23)C(=O)N2CCC[C@H]2C(=O)N[C@@H]1C(=O)CN. The van der Waals surface area contributed by atoms with Gasteiger partial charge < -0.3 is 53.0 Å². The number of rotatable bonds is 10. The second-order valence-electron chi connectivity index (χ2n) is 14.5. The van der Waals surface area contributed by atoms with Crippen LogP contribution in [0.1, 0.15) is 64.4 Å². The van der Waals surface area contributed by atoms with Gasteiger partial charge in [-0.3, -0.25) is 38.4 Å². The number of ketones is 1. The van der Waals surface area contributed by atoms with Gasteiger partial charge in [0.25, 0.3) is 0 Å². The highest BCUT2D eigenvalue weighted by atomic mass is 33.1. The molecule has 3 heterocycles. The predicted molar refractivity (Wildman–Crippen MR) is 215 cm³/mol. The molecule has 0 bridgehead atoms. The highest BCUT2D eigenvalue weighted by molar-refractivity contribution is 8.77. The minimum absolute atomic E-state index is 0.00159. The zero-order valence-corrected chi connectivity index (χ0v) is 33.7. The first-order chi connectivity index (χ1) is 27.1. The Bertz CT molecular complexity index is 1810. The molecule has 2 aliphatic rings. The number of carbonyl (C=O) groups is 8. The molecule has 0 unspecified atom stereocenters. The van der Waals surface area contributed by atoms with Crippen molar-refractivity contribution in [1.82, 2.24) is 36.5 Å². The molecule has 57 heavy (non-hydrogen) atoms. The summed E-state index contributed by atoms with van der Waals surface area (Å²) in [5.41, 5.74) is 12.8. The van der Waals surface area contributed by atoms with Crippen molar-refractivity contribution in [1.29, 1.82) is 0 Å². The summed E-state index contributed by atoms with van der Waals surface area (Å²) >= 11 is 0. The highest BCUT2D eigenvalue weighted by Gasteiger charge is 2.43. The van der Waals surface area contributed by atoms with E-state index in [1.165, 1.54) is 26.5 Å². The number of aromatic nitrogens is 1. The van der Waals surface area contributed by atoms with E-state index < -0.39 is 95.1 Å². The van der Waals surface area contributed by atoms with Crippen LogP contribution in [-0.2, 0) is 44.8 Å². The quantitative estimate of drug-likeness (QED) is 0.108. The number of benzene rings is 1. The number of nitrogens with zero attached hydrogens (tertiary/aromatic N) is 1. The monoisotopic (exact) mass is 831 g/mol. The van der Waals surface area contributed by atoms with Gasteiger partial charge >= 0.3 is 5.97 Å². The molecule has 0 aliphatic carbocycles. The zero-order chi connectivity index (χ0) is 41.7. The van der Waals surface area contributed by atoms with E-state index in [2.05, 4.69) is 31.6 Å². The Morgan fingerprint density at radius 1 is 0.912 bits per heavy atom. The zero-order valence-electron chi connectivity index (χ0n) is 32.1. The van der Waals surface area contributed by atoms with Gasteiger partial charge in [0.05, 0.1) is 19.5 Å². The summed E-state index contributed by atoms with van der Waals surface area (Å²) in [5.74, 6) is -5.76. The van der Waals surface area contributed by atoms with Crippen molar-refractivity contribution in [3.8, 4) is 0 Å². The molecule has 0 spiro atoms. The van der Waals surface area contributed by atoms with Crippen molar-refractivity contribution in [2.24, 2.45) is 11.5 Å². The number of unbranched alkanes of at least 4 members (excludes halogenated alkanes) is 1. The van der Waals surface area contributed by atoms with Crippen molar-refractivity contribution in [2.75, 3.05) is 31.9 Å². The van der Waals surface area contributed by atoms with Crippen LogP contribution in [0.4, 0.5) is 0 Å². The van der Waals surface area contributed by atoms with E-state index in [9.17, 15) is 43.5 Å². The number of amides is 6. The maximum Gasteiger partial charge on any atom is 0.305 e. The highest BCUT2D eigenvalue weighted by Crippen LogP contribution is 2.39. The first kappa shape index (κ1) is 45.0.